The van der Waals surface area contributed by atoms with Gasteiger partial charge < -0.3 is 14.7 Å². The molecule has 2 heterocycles. The molecular formula is C17H15ClF3N3O3. The van der Waals surface area contributed by atoms with Crippen molar-refractivity contribution in [3.8, 4) is 22.6 Å². The Bertz CT molecular complexity index is 951. The third-order valence-corrected chi connectivity index (χ3v) is 4.19. The van der Waals surface area contributed by atoms with Crippen LogP contribution in [0, 0.1) is 0 Å². The number of hydrogen-bond acceptors (Lipinski definition) is 5. The molecule has 0 saturated heterocycles. The molecule has 0 bridgehead atoms. The van der Waals surface area contributed by atoms with Crippen LogP contribution in [0.15, 0.2) is 35.0 Å². The molecule has 1 aromatic carbocycles. The monoisotopic (exact) mass is 401 g/mol. The van der Waals surface area contributed by atoms with Crippen LogP contribution in [0.5, 0.6) is 0 Å². The number of halogens is 4. The van der Waals surface area contributed by atoms with Crippen LogP contribution in [-0.4, -0.2) is 31.3 Å². The molecule has 0 spiro atoms. The first-order chi connectivity index (χ1) is 12.7. The fraction of sp³-hybridized carbons (Fsp3) is 0.294. The number of nitrogens with zero attached hydrogens (tertiary/aromatic N) is 3. The highest BCUT2D eigenvalue weighted by atomic mass is 35.5. The molecule has 1 atom stereocenters. The fourth-order valence-corrected chi connectivity index (χ4v) is 3.00. The first kappa shape index (κ1) is 19.4. The summed E-state index contributed by atoms with van der Waals surface area (Å²) in [5, 5.41) is 27.0. The summed E-state index contributed by atoms with van der Waals surface area (Å²) in [6.45, 7) is 0.387. The molecule has 1 unspecified atom stereocenters. The van der Waals surface area contributed by atoms with Gasteiger partial charge in [0.1, 0.15) is 5.69 Å². The van der Waals surface area contributed by atoms with Crippen molar-refractivity contribution < 1.29 is 27.9 Å². The topological polar surface area (TPSA) is 84.3 Å². The predicted molar refractivity (Wildman–Crippen MR) is 90.8 cm³/mol. The second-order valence-corrected chi connectivity index (χ2v) is 6.32. The number of aliphatic hydroxyl groups excluding tert-OH is 2. The minimum Gasteiger partial charge on any atom is -0.391 e. The fourth-order valence-electron chi connectivity index (χ4n) is 2.77. The van der Waals surface area contributed by atoms with E-state index < -0.39 is 24.6 Å². The van der Waals surface area contributed by atoms with E-state index in [-0.39, 0.29) is 29.1 Å². The minimum absolute atomic E-state index is 0.0604. The van der Waals surface area contributed by atoms with E-state index in [0.717, 1.165) is 6.20 Å². The minimum atomic E-state index is -4.76. The summed E-state index contributed by atoms with van der Waals surface area (Å²) in [6.07, 6.45) is -4.82. The molecule has 0 radical (unpaired) electrons. The molecule has 0 amide bonds. The Labute approximate surface area is 156 Å². The van der Waals surface area contributed by atoms with Gasteiger partial charge in [-0.15, -0.1) is 0 Å². The Morgan fingerprint density at radius 1 is 1.26 bits per heavy atom. The standard InChI is InChI=1S/C17H15ClF3N3O3/c1-9(26)7-24-16(17(19,20)21)11(6-22-24)15-12(8-25)14(23-27-15)10-4-2-3-5-13(10)18/h2-6,9,25-26H,7-8H2,1H3. The lowest BCUT2D eigenvalue weighted by Crippen LogP contribution is -2.20. The maximum Gasteiger partial charge on any atom is 0.433 e. The van der Waals surface area contributed by atoms with Crippen molar-refractivity contribution >= 4 is 11.6 Å². The van der Waals surface area contributed by atoms with Crippen LogP contribution in [0.4, 0.5) is 13.2 Å². The highest BCUT2D eigenvalue weighted by Gasteiger charge is 2.40. The molecule has 144 valence electrons. The Kier molecular flexibility index (Phi) is 5.27. The van der Waals surface area contributed by atoms with Gasteiger partial charge >= 0.3 is 6.18 Å². The third-order valence-electron chi connectivity index (χ3n) is 3.86. The van der Waals surface area contributed by atoms with Gasteiger partial charge in [-0.2, -0.15) is 18.3 Å². The average molecular weight is 402 g/mol. The van der Waals surface area contributed by atoms with Crippen LogP contribution in [0.1, 0.15) is 18.2 Å². The lowest BCUT2D eigenvalue weighted by atomic mass is 10.0. The Hall–Kier alpha value is -2.36. The first-order valence-electron chi connectivity index (χ1n) is 7.89. The lowest BCUT2D eigenvalue weighted by molar-refractivity contribution is -0.144. The molecule has 10 heteroatoms. The van der Waals surface area contributed by atoms with Gasteiger partial charge in [0.2, 0.25) is 0 Å². The predicted octanol–water partition coefficient (Wildman–Crippen LogP) is 3.75. The summed E-state index contributed by atoms with van der Waals surface area (Å²) >= 11 is 6.12. The molecule has 0 aliphatic carbocycles. The molecule has 3 aromatic rings. The van der Waals surface area contributed by atoms with E-state index in [1.54, 1.807) is 24.3 Å². The molecule has 3 rings (SSSR count). The van der Waals surface area contributed by atoms with Crippen molar-refractivity contribution in [2.24, 2.45) is 0 Å². The SMILES string of the molecule is CC(O)Cn1ncc(-c2onc(-c3ccccc3Cl)c2CO)c1C(F)(F)F. The zero-order chi connectivity index (χ0) is 19.8. The zero-order valence-electron chi connectivity index (χ0n) is 14.0. The molecule has 0 aliphatic rings. The van der Waals surface area contributed by atoms with Crippen LogP contribution in [0.2, 0.25) is 5.02 Å². The van der Waals surface area contributed by atoms with Crippen molar-refractivity contribution in [3.05, 3.63) is 46.7 Å². The smallest absolute Gasteiger partial charge is 0.391 e. The van der Waals surface area contributed by atoms with Gasteiger partial charge in [-0.25, -0.2) is 0 Å². The number of aliphatic hydroxyl groups is 2. The molecule has 0 saturated carbocycles. The second-order valence-electron chi connectivity index (χ2n) is 5.91. The summed E-state index contributed by atoms with van der Waals surface area (Å²) in [7, 11) is 0. The van der Waals surface area contributed by atoms with Crippen LogP contribution in [-0.2, 0) is 19.3 Å². The van der Waals surface area contributed by atoms with E-state index in [1.165, 1.54) is 6.92 Å². The summed E-state index contributed by atoms with van der Waals surface area (Å²) in [6, 6.07) is 6.57. The molecule has 6 nitrogen and oxygen atoms in total. The first-order valence-corrected chi connectivity index (χ1v) is 8.27. The quantitative estimate of drug-likeness (QED) is 0.680. The van der Waals surface area contributed by atoms with Crippen molar-refractivity contribution in [1.82, 2.24) is 14.9 Å². The number of aromatic nitrogens is 3. The summed E-state index contributed by atoms with van der Waals surface area (Å²) in [4.78, 5) is 0. The number of rotatable bonds is 5. The van der Waals surface area contributed by atoms with Gasteiger partial charge in [-0.05, 0) is 13.0 Å². The molecular weight excluding hydrogens is 387 g/mol. The zero-order valence-corrected chi connectivity index (χ0v) is 14.8. The highest BCUT2D eigenvalue weighted by Crippen LogP contribution is 2.41. The van der Waals surface area contributed by atoms with Crippen LogP contribution < -0.4 is 0 Å². The summed E-state index contributed by atoms with van der Waals surface area (Å²) in [5.74, 6) is -0.253. The average Bonchev–Trinajstić information content (AvgIpc) is 3.17. The van der Waals surface area contributed by atoms with E-state index >= 15 is 0 Å². The van der Waals surface area contributed by atoms with Crippen molar-refractivity contribution in [2.45, 2.75) is 32.4 Å². The molecule has 2 aromatic heterocycles. The van der Waals surface area contributed by atoms with Gasteiger partial charge in [0.25, 0.3) is 0 Å². The van der Waals surface area contributed by atoms with Crippen LogP contribution in [0.3, 0.4) is 0 Å². The number of hydrogen-bond donors (Lipinski definition) is 2. The van der Waals surface area contributed by atoms with E-state index in [2.05, 4.69) is 10.3 Å². The van der Waals surface area contributed by atoms with Crippen LogP contribution in [0.25, 0.3) is 22.6 Å². The van der Waals surface area contributed by atoms with Gasteiger partial charge in [0.05, 0.1) is 41.6 Å². The Morgan fingerprint density at radius 3 is 2.56 bits per heavy atom. The van der Waals surface area contributed by atoms with Crippen molar-refractivity contribution in [3.63, 3.8) is 0 Å². The maximum atomic E-state index is 13.6. The maximum absolute atomic E-state index is 13.6. The van der Waals surface area contributed by atoms with Gasteiger partial charge in [-0.1, -0.05) is 35.0 Å². The molecule has 2 N–H and O–H groups in total. The normalized spacial score (nSPS) is 13.1. The Morgan fingerprint density at radius 2 is 1.96 bits per heavy atom. The molecule has 27 heavy (non-hydrogen) atoms. The summed E-state index contributed by atoms with van der Waals surface area (Å²) in [5.41, 5.74) is -0.846. The highest BCUT2D eigenvalue weighted by molar-refractivity contribution is 6.33. The van der Waals surface area contributed by atoms with E-state index in [4.69, 9.17) is 16.1 Å². The van der Waals surface area contributed by atoms with Crippen molar-refractivity contribution in [1.29, 1.82) is 0 Å². The van der Waals surface area contributed by atoms with Gasteiger partial charge in [-0.3, -0.25) is 4.68 Å². The van der Waals surface area contributed by atoms with E-state index in [9.17, 15) is 23.4 Å². The summed E-state index contributed by atoms with van der Waals surface area (Å²) < 4.78 is 46.7. The third kappa shape index (κ3) is 3.71. The number of benzene rings is 1. The number of alkyl halides is 3. The van der Waals surface area contributed by atoms with Gasteiger partial charge in [0.15, 0.2) is 11.5 Å². The second kappa shape index (κ2) is 7.34. The van der Waals surface area contributed by atoms with Gasteiger partial charge in [0, 0.05) is 5.56 Å². The van der Waals surface area contributed by atoms with E-state index in [0.29, 0.717) is 15.3 Å². The van der Waals surface area contributed by atoms with Crippen LogP contribution >= 0.6 is 11.6 Å². The lowest BCUT2D eigenvalue weighted by Gasteiger charge is -2.13. The Balaban J connectivity index is 2.19. The van der Waals surface area contributed by atoms with E-state index in [1.807, 2.05) is 0 Å². The molecule has 0 fully saturated rings. The van der Waals surface area contributed by atoms with Crippen molar-refractivity contribution in [2.75, 3.05) is 0 Å². The largest absolute Gasteiger partial charge is 0.433 e. The molecule has 0 aliphatic heterocycles.